The summed E-state index contributed by atoms with van der Waals surface area (Å²) in [5, 5.41) is 8.60. The molecule has 1 heterocycles. The number of hydrogen-bond acceptors (Lipinski definition) is 5. The average molecular weight is 226 g/mol. The number of carbonyl (C=O) groups is 2. The Hall–Kier alpha value is -2.11. The number of carboxylic acid groups (broad SMARTS) is 1. The molecule has 86 valence electrons. The van der Waals surface area contributed by atoms with E-state index in [4.69, 9.17) is 9.52 Å². The lowest BCUT2D eigenvalue weighted by Gasteiger charge is -2.04. The van der Waals surface area contributed by atoms with Crippen LogP contribution in [0.25, 0.3) is 0 Å². The lowest BCUT2D eigenvalue weighted by molar-refractivity contribution is -0.140. The van der Waals surface area contributed by atoms with Gasteiger partial charge in [0.1, 0.15) is 12.2 Å². The number of ether oxygens (including phenoxy) is 1. The highest BCUT2D eigenvalue weighted by molar-refractivity contribution is 5.74. The van der Waals surface area contributed by atoms with Crippen LogP contribution in [0.5, 0.6) is 0 Å². The molecule has 6 nitrogen and oxygen atoms in total. The maximum Gasteiger partial charge on any atom is 0.335 e. The van der Waals surface area contributed by atoms with Crippen molar-refractivity contribution < 1.29 is 23.8 Å². The molecule has 0 bridgehead atoms. The second-order valence-corrected chi connectivity index (χ2v) is 3.03. The molecule has 0 unspecified atom stereocenters. The fourth-order valence-corrected chi connectivity index (χ4v) is 1.15. The minimum absolute atomic E-state index is 0.0228. The van der Waals surface area contributed by atoms with Crippen molar-refractivity contribution in [2.45, 2.75) is 12.8 Å². The van der Waals surface area contributed by atoms with Gasteiger partial charge in [-0.25, -0.2) is 4.79 Å². The van der Waals surface area contributed by atoms with Gasteiger partial charge in [0.05, 0.1) is 13.5 Å². The first kappa shape index (κ1) is 12.0. The van der Waals surface area contributed by atoms with Crippen molar-refractivity contribution >= 4 is 11.9 Å². The van der Waals surface area contributed by atoms with Crippen molar-refractivity contribution in [1.82, 2.24) is 0 Å². The minimum Gasteiger partial charge on any atom is -0.481 e. The van der Waals surface area contributed by atoms with Crippen molar-refractivity contribution in [2.24, 2.45) is 0 Å². The normalized spacial score (nSPS) is 9.81. The maximum absolute atomic E-state index is 11.0. The highest BCUT2D eigenvalue weighted by Crippen LogP contribution is 2.08. The maximum atomic E-state index is 11.0. The molecule has 0 aliphatic heterocycles. The smallest absolute Gasteiger partial charge is 0.335 e. The van der Waals surface area contributed by atoms with Crippen LogP contribution in [0, 0.1) is 0 Å². The Balaban J connectivity index is 3.02. The monoisotopic (exact) mass is 226 g/mol. The molecule has 0 fully saturated rings. The second-order valence-electron chi connectivity index (χ2n) is 3.03. The van der Waals surface area contributed by atoms with E-state index in [1.54, 1.807) is 0 Å². The second kappa shape index (κ2) is 5.11. The van der Waals surface area contributed by atoms with Crippen LogP contribution in [-0.4, -0.2) is 24.2 Å². The van der Waals surface area contributed by atoms with E-state index < -0.39 is 24.0 Å². The van der Waals surface area contributed by atoms with Gasteiger partial charge in [-0.1, -0.05) is 0 Å². The fraction of sp³-hybridized carbons (Fsp3) is 0.300. The van der Waals surface area contributed by atoms with E-state index in [1.165, 1.54) is 13.2 Å². The Kier molecular flexibility index (Phi) is 3.82. The molecule has 1 rings (SSSR count). The van der Waals surface area contributed by atoms with Crippen LogP contribution in [0.2, 0.25) is 0 Å². The van der Waals surface area contributed by atoms with Crippen molar-refractivity contribution in [1.29, 1.82) is 0 Å². The zero-order chi connectivity index (χ0) is 12.1. The highest BCUT2D eigenvalue weighted by Gasteiger charge is 2.13. The molecule has 1 N–H and O–H groups in total. The Labute approximate surface area is 90.5 Å². The van der Waals surface area contributed by atoms with E-state index in [1.807, 2.05) is 0 Å². The Morgan fingerprint density at radius 1 is 1.38 bits per heavy atom. The number of esters is 1. The molecule has 0 saturated carbocycles. The molecule has 0 aliphatic carbocycles. The van der Waals surface area contributed by atoms with Gasteiger partial charge >= 0.3 is 17.6 Å². The van der Waals surface area contributed by atoms with Gasteiger partial charge in [-0.2, -0.15) is 0 Å². The van der Waals surface area contributed by atoms with Crippen LogP contribution in [-0.2, 0) is 27.2 Å². The summed E-state index contributed by atoms with van der Waals surface area (Å²) < 4.78 is 9.16. The standard InChI is InChI=1S/C10H10O6/c1-15-10(14)4-6-2-3-9(13)16-7(6)5-8(11)12/h2-3H,4-5H2,1H3,(H,11,12). The summed E-state index contributed by atoms with van der Waals surface area (Å²) >= 11 is 0. The van der Waals surface area contributed by atoms with Crippen molar-refractivity contribution in [3.8, 4) is 0 Å². The summed E-state index contributed by atoms with van der Waals surface area (Å²) in [5.41, 5.74) is -0.307. The van der Waals surface area contributed by atoms with Gasteiger partial charge in [0, 0.05) is 11.6 Å². The SMILES string of the molecule is COC(=O)Cc1ccc(=O)oc1CC(=O)O. The largest absolute Gasteiger partial charge is 0.481 e. The quantitative estimate of drug-likeness (QED) is 0.725. The third kappa shape index (κ3) is 3.23. The summed E-state index contributed by atoms with van der Waals surface area (Å²) in [4.78, 5) is 32.4. The lowest BCUT2D eigenvalue weighted by atomic mass is 10.1. The van der Waals surface area contributed by atoms with Crippen LogP contribution in [0.15, 0.2) is 21.3 Å². The van der Waals surface area contributed by atoms with Gasteiger partial charge in [0.2, 0.25) is 0 Å². The predicted octanol–water partition coefficient (Wildman–Crippen LogP) is -0.0176. The van der Waals surface area contributed by atoms with Crippen LogP contribution in [0.3, 0.4) is 0 Å². The highest BCUT2D eigenvalue weighted by atomic mass is 16.5. The number of carbonyl (C=O) groups excluding carboxylic acids is 1. The van der Waals surface area contributed by atoms with Crippen LogP contribution in [0.1, 0.15) is 11.3 Å². The molecule has 1 aromatic heterocycles. The fourth-order valence-electron chi connectivity index (χ4n) is 1.15. The first-order chi connectivity index (χ1) is 7.52. The molecule has 16 heavy (non-hydrogen) atoms. The lowest BCUT2D eigenvalue weighted by Crippen LogP contribution is -2.12. The molecule has 6 heteroatoms. The zero-order valence-electron chi connectivity index (χ0n) is 8.56. The number of carboxylic acids is 1. The van der Waals surface area contributed by atoms with Gasteiger partial charge in [-0.05, 0) is 6.07 Å². The van der Waals surface area contributed by atoms with Crippen molar-refractivity contribution in [3.05, 3.63) is 33.9 Å². The van der Waals surface area contributed by atoms with E-state index in [2.05, 4.69) is 4.74 Å². The number of rotatable bonds is 4. The summed E-state index contributed by atoms with van der Waals surface area (Å²) in [6.45, 7) is 0. The van der Waals surface area contributed by atoms with Crippen LogP contribution in [0.4, 0.5) is 0 Å². The van der Waals surface area contributed by atoms with E-state index in [-0.39, 0.29) is 12.2 Å². The zero-order valence-corrected chi connectivity index (χ0v) is 8.56. The number of hydrogen-bond donors (Lipinski definition) is 1. The van der Waals surface area contributed by atoms with E-state index in [9.17, 15) is 14.4 Å². The molecular formula is C10H10O6. The number of methoxy groups -OCH3 is 1. The summed E-state index contributed by atoms with van der Waals surface area (Å²) in [6, 6.07) is 2.49. The van der Waals surface area contributed by atoms with Crippen molar-refractivity contribution in [2.75, 3.05) is 7.11 Å². The summed E-state index contributed by atoms with van der Waals surface area (Å²) in [5.74, 6) is -1.69. The Morgan fingerprint density at radius 3 is 2.62 bits per heavy atom. The van der Waals surface area contributed by atoms with Gasteiger partial charge in [0.25, 0.3) is 0 Å². The van der Waals surface area contributed by atoms with Gasteiger partial charge in [0.15, 0.2) is 0 Å². The topological polar surface area (TPSA) is 93.8 Å². The molecule has 0 radical (unpaired) electrons. The molecule has 0 aliphatic rings. The third-order valence-corrected chi connectivity index (χ3v) is 1.88. The predicted molar refractivity (Wildman–Crippen MR) is 52.0 cm³/mol. The van der Waals surface area contributed by atoms with Gasteiger partial charge in [-0.3, -0.25) is 9.59 Å². The molecule has 0 atom stereocenters. The average Bonchev–Trinajstić information content (AvgIpc) is 2.21. The summed E-state index contributed by atoms with van der Waals surface area (Å²) in [7, 11) is 1.22. The molecule has 0 spiro atoms. The number of aliphatic carboxylic acids is 1. The Morgan fingerprint density at radius 2 is 2.06 bits per heavy atom. The first-order valence-corrected chi connectivity index (χ1v) is 4.43. The molecule has 0 aromatic carbocycles. The van der Waals surface area contributed by atoms with Gasteiger partial charge < -0.3 is 14.3 Å². The van der Waals surface area contributed by atoms with Crippen molar-refractivity contribution in [3.63, 3.8) is 0 Å². The van der Waals surface area contributed by atoms with Crippen LogP contribution >= 0.6 is 0 Å². The minimum atomic E-state index is -1.14. The van der Waals surface area contributed by atoms with E-state index in [0.717, 1.165) is 6.07 Å². The van der Waals surface area contributed by atoms with E-state index in [0.29, 0.717) is 5.56 Å². The van der Waals surface area contributed by atoms with Crippen LogP contribution < -0.4 is 5.63 Å². The molecule has 0 amide bonds. The molecule has 0 saturated heterocycles. The molecular weight excluding hydrogens is 216 g/mol. The Bertz CT molecular complexity index is 459. The first-order valence-electron chi connectivity index (χ1n) is 4.43. The third-order valence-electron chi connectivity index (χ3n) is 1.88. The van der Waals surface area contributed by atoms with Gasteiger partial charge in [-0.15, -0.1) is 0 Å². The molecule has 1 aromatic rings. The summed E-state index contributed by atoms with van der Waals surface area (Å²) in [6.07, 6.45) is -0.564. The van der Waals surface area contributed by atoms with E-state index >= 15 is 0 Å².